The number of azo groups is 1. The van der Waals surface area contributed by atoms with Crippen LogP contribution in [0, 0.1) is 10.1 Å². The number of phenolic OH excluding ortho intramolecular Hbond substituents is 2. The van der Waals surface area contributed by atoms with Gasteiger partial charge in [-0.3, -0.25) is 10.1 Å². The Kier molecular flexibility index (Phi) is 4.72. The Morgan fingerprint density at radius 2 is 1.72 bits per heavy atom. The molecule has 0 saturated heterocycles. The molecule has 0 saturated carbocycles. The summed E-state index contributed by atoms with van der Waals surface area (Å²) in [5.74, 6) is -0.373. The topological polar surface area (TPSA) is 121 Å². The van der Waals surface area contributed by atoms with E-state index in [1.165, 1.54) is 23.5 Å². The zero-order chi connectivity index (χ0) is 22.2. The van der Waals surface area contributed by atoms with Crippen LogP contribution in [0.2, 0.25) is 0 Å². The van der Waals surface area contributed by atoms with E-state index in [1.54, 1.807) is 6.07 Å². The number of para-hydroxylation sites is 1. The minimum atomic E-state index is -0.584. The molecule has 156 valence electrons. The summed E-state index contributed by atoms with van der Waals surface area (Å²) in [4.78, 5) is 15.1. The largest absolute Gasteiger partial charge is 0.506 e. The lowest BCUT2D eigenvalue weighted by Gasteiger charge is -2.09. The fourth-order valence-electron chi connectivity index (χ4n) is 3.38. The Hall–Kier alpha value is -4.37. The fraction of sp³-hybridized carbons (Fsp3) is 0. The van der Waals surface area contributed by atoms with Crippen LogP contribution in [0.1, 0.15) is 0 Å². The van der Waals surface area contributed by atoms with Gasteiger partial charge in [0.2, 0.25) is 0 Å². The first-order valence-corrected chi connectivity index (χ1v) is 10.3. The van der Waals surface area contributed by atoms with Crippen LogP contribution in [-0.2, 0) is 0 Å². The Labute approximate surface area is 184 Å². The van der Waals surface area contributed by atoms with Crippen LogP contribution in [0.25, 0.3) is 31.6 Å². The number of aromatic nitrogens is 1. The molecule has 0 bridgehead atoms. The number of nitrogens with zero attached hydrogens (tertiary/aromatic N) is 4. The molecule has 9 heteroatoms. The van der Waals surface area contributed by atoms with Crippen LogP contribution >= 0.6 is 11.3 Å². The second kappa shape index (κ2) is 7.71. The van der Waals surface area contributed by atoms with E-state index in [2.05, 4.69) is 15.2 Å². The van der Waals surface area contributed by atoms with Gasteiger partial charge in [0.1, 0.15) is 22.1 Å². The number of benzene rings is 4. The van der Waals surface area contributed by atoms with Gasteiger partial charge < -0.3 is 10.2 Å². The molecule has 8 nitrogen and oxygen atoms in total. The molecule has 4 aromatic carbocycles. The molecule has 0 fully saturated rings. The molecule has 5 rings (SSSR count). The third kappa shape index (κ3) is 3.40. The first kappa shape index (κ1) is 19.6. The van der Waals surface area contributed by atoms with Crippen molar-refractivity contribution in [1.29, 1.82) is 0 Å². The average molecular weight is 442 g/mol. The van der Waals surface area contributed by atoms with Crippen molar-refractivity contribution in [2.75, 3.05) is 0 Å². The predicted molar refractivity (Wildman–Crippen MR) is 123 cm³/mol. The molecule has 0 aliphatic carbocycles. The number of rotatable bonds is 4. The van der Waals surface area contributed by atoms with E-state index < -0.39 is 4.92 Å². The molecular formula is C23H14N4O4S. The number of phenols is 2. The normalized spacial score (nSPS) is 11.5. The van der Waals surface area contributed by atoms with E-state index in [1.807, 2.05) is 48.5 Å². The molecule has 1 heterocycles. The van der Waals surface area contributed by atoms with Crippen molar-refractivity contribution in [1.82, 2.24) is 4.98 Å². The van der Waals surface area contributed by atoms with Crippen molar-refractivity contribution in [3.8, 4) is 22.1 Å². The van der Waals surface area contributed by atoms with Gasteiger partial charge in [0.15, 0.2) is 5.75 Å². The van der Waals surface area contributed by atoms with Crippen molar-refractivity contribution in [3.63, 3.8) is 0 Å². The van der Waals surface area contributed by atoms with E-state index in [4.69, 9.17) is 0 Å². The summed E-state index contributed by atoms with van der Waals surface area (Å²) in [5.41, 5.74) is 1.21. The summed E-state index contributed by atoms with van der Waals surface area (Å²) in [6.45, 7) is 0. The minimum absolute atomic E-state index is 0.0759. The number of thiazole rings is 1. The molecule has 0 aliphatic rings. The number of nitro benzene ring substituents is 1. The third-order valence-electron chi connectivity index (χ3n) is 4.95. The van der Waals surface area contributed by atoms with Crippen LogP contribution in [0.15, 0.2) is 83.0 Å². The quantitative estimate of drug-likeness (QED) is 0.179. The van der Waals surface area contributed by atoms with Crippen LogP contribution in [0.3, 0.4) is 0 Å². The lowest BCUT2D eigenvalue weighted by Crippen LogP contribution is -1.86. The minimum Gasteiger partial charge on any atom is -0.506 e. The maximum atomic E-state index is 11.1. The number of nitro groups is 1. The van der Waals surface area contributed by atoms with E-state index in [-0.39, 0.29) is 28.6 Å². The highest BCUT2D eigenvalue weighted by molar-refractivity contribution is 7.21. The van der Waals surface area contributed by atoms with Gasteiger partial charge in [0.25, 0.3) is 5.69 Å². The first-order valence-electron chi connectivity index (χ1n) is 9.51. The number of hydrogen-bond acceptors (Lipinski definition) is 8. The van der Waals surface area contributed by atoms with Gasteiger partial charge in [0, 0.05) is 17.5 Å². The average Bonchev–Trinajstić information content (AvgIpc) is 3.23. The van der Waals surface area contributed by atoms with Gasteiger partial charge in [-0.25, -0.2) is 4.98 Å². The van der Waals surface area contributed by atoms with Gasteiger partial charge in [-0.05, 0) is 29.7 Å². The monoisotopic (exact) mass is 442 g/mol. The van der Waals surface area contributed by atoms with Crippen molar-refractivity contribution >= 4 is 49.4 Å². The van der Waals surface area contributed by atoms with Crippen molar-refractivity contribution < 1.29 is 15.1 Å². The summed E-state index contributed by atoms with van der Waals surface area (Å²) in [7, 11) is 0. The molecule has 0 amide bonds. The highest BCUT2D eigenvalue weighted by Gasteiger charge is 2.18. The second-order valence-corrected chi connectivity index (χ2v) is 7.99. The van der Waals surface area contributed by atoms with Gasteiger partial charge in [-0.1, -0.05) is 36.4 Å². The number of hydrogen-bond donors (Lipinski definition) is 2. The van der Waals surface area contributed by atoms with Crippen molar-refractivity contribution in [3.05, 3.63) is 82.9 Å². The Balaban J connectivity index is 1.69. The zero-order valence-corrected chi connectivity index (χ0v) is 17.2. The van der Waals surface area contributed by atoms with Gasteiger partial charge in [-0.2, -0.15) is 0 Å². The van der Waals surface area contributed by atoms with Crippen LogP contribution in [-0.4, -0.2) is 20.1 Å². The van der Waals surface area contributed by atoms with Gasteiger partial charge in [0.05, 0.1) is 20.7 Å². The highest BCUT2D eigenvalue weighted by atomic mass is 32.1. The van der Waals surface area contributed by atoms with E-state index in [0.717, 1.165) is 21.7 Å². The van der Waals surface area contributed by atoms with Gasteiger partial charge >= 0.3 is 0 Å². The number of aromatic hydroxyl groups is 2. The van der Waals surface area contributed by atoms with Crippen LogP contribution in [0.5, 0.6) is 11.5 Å². The van der Waals surface area contributed by atoms with E-state index >= 15 is 0 Å². The Morgan fingerprint density at radius 1 is 0.938 bits per heavy atom. The molecule has 1 aromatic heterocycles. The lowest BCUT2D eigenvalue weighted by molar-refractivity contribution is -0.384. The SMILES string of the molecule is O=[N+]([O-])c1ccc(O)c(N=Nc2c(O)c(-c3nc4ccccc4s3)cc3ccccc23)c1. The molecule has 0 radical (unpaired) electrons. The standard InChI is InChI=1S/C23H14N4O4S/c28-19-10-9-14(27(30)31)12-18(19)25-26-21-15-6-2-1-5-13(15)11-16(22(21)29)23-24-17-7-3-4-8-20(17)32-23/h1-12,28-29H. The smallest absolute Gasteiger partial charge is 0.271 e. The van der Waals surface area contributed by atoms with E-state index in [0.29, 0.717) is 16.0 Å². The molecule has 5 aromatic rings. The number of non-ortho nitro benzene ring substituents is 1. The second-order valence-electron chi connectivity index (χ2n) is 6.96. The molecule has 2 N–H and O–H groups in total. The molecule has 0 aliphatic heterocycles. The lowest BCUT2D eigenvalue weighted by atomic mass is 10.0. The van der Waals surface area contributed by atoms with Crippen molar-refractivity contribution in [2.45, 2.75) is 0 Å². The Morgan fingerprint density at radius 3 is 2.53 bits per heavy atom. The molecule has 0 atom stereocenters. The molecular weight excluding hydrogens is 428 g/mol. The van der Waals surface area contributed by atoms with Crippen LogP contribution in [0.4, 0.5) is 17.1 Å². The maximum absolute atomic E-state index is 11.1. The van der Waals surface area contributed by atoms with Crippen LogP contribution < -0.4 is 0 Å². The summed E-state index contributed by atoms with van der Waals surface area (Å²) in [5, 5.41) is 42.5. The van der Waals surface area contributed by atoms with Crippen molar-refractivity contribution in [2.24, 2.45) is 10.2 Å². The Bertz CT molecular complexity index is 1510. The molecule has 0 spiro atoms. The summed E-state index contributed by atoms with van der Waals surface area (Å²) < 4.78 is 0.986. The molecule has 32 heavy (non-hydrogen) atoms. The summed E-state index contributed by atoms with van der Waals surface area (Å²) >= 11 is 1.45. The molecule has 0 unspecified atom stereocenters. The number of fused-ring (bicyclic) bond motifs is 2. The third-order valence-corrected chi connectivity index (χ3v) is 6.02. The van der Waals surface area contributed by atoms with E-state index in [9.17, 15) is 20.3 Å². The highest BCUT2D eigenvalue weighted by Crippen LogP contribution is 2.46. The van der Waals surface area contributed by atoms with Gasteiger partial charge in [-0.15, -0.1) is 21.6 Å². The maximum Gasteiger partial charge on any atom is 0.271 e. The first-order chi connectivity index (χ1) is 15.5. The predicted octanol–water partition coefficient (Wildman–Crippen LogP) is 6.85. The zero-order valence-electron chi connectivity index (χ0n) is 16.3. The summed E-state index contributed by atoms with van der Waals surface area (Å²) in [6, 6.07) is 20.4. The summed E-state index contributed by atoms with van der Waals surface area (Å²) in [6.07, 6.45) is 0. The fourth-order valence-corrected chi connectivity index (χ4v) is 4.36.